The van der Waals surface area contributed by atoms with E-state index in [0.29, 0.717) is 23.9 Å². The SMILES string of the molecule is NC(=O)N1CCN2CNC(C3CC3c3ccccc3)C2C1. The van der Waals surface area contributed by atoms with E-state index < -0.39 is 0 Å². The Morgan fingerprint density at radius 1 is 1.24 bits per heavy atom. The second-order valence-electron chi connectivity index (χ2n) is 6.47. The van der Waals surface area contributed by atoms with E-state index in [4.69, 9.17) is 5.73 Å². The first-order chi connectivity index (χ1) is 10.2. The summed E-state index contributed by atoms with van der Waals surface area (Å²) in [7, 11) is 0. The van der Waals surface area contributed by atoms with Gasteiger partial charge in [-0.15, -0.1) is 0 Å². The van der Waals surface area contributed by atoms with Crippen molar-refractivity contribution in [3.8, 4) is 0 Å². The molecule has 1 aromatic rings. The number of nitrogens with zero attached hydrogens (tertiary/aromatic N) is 2. The molecule has 4 atom stereocenters. The summed E-state index contributed by atoms with van der Waals surface area (Å²) in [5.74, 6) is 1.36. The first kappa shape index (κ1) is 13.1. The van der Waals surface area contributed by atoms with Crippen LogP contribution >= 0.6 is 0 Å². The number of amides is 2. The van der Waals surface area contributed by atoms with Crippen LogP contribution in [-0.4, -0.2) is 54.2 Å². The van der Waals surface area contributed by atoms with Gasteiger partial charge in [-0.3, -0.25) is 10.2 Å². The molecule has 3 N–H and O–H groups in total. The molecule has 1 saturated carbocycles. The lowest BCUT2D eigenvalue weighted by Gasteiger charge is -2.38. The van der Waals surface area contributed by atoms with E-state index in [0.717, 1.165) is 26.3 Å². The number of piperazine rings is 1. The first-order valence-corrected chi connectivity index (χ1v) is 7.81. The highest BCUT2D eigenvalue weighted by Crippen LogP contribution is 2.51. The zero-order chi connectivity index (χ0) is 14.4. The second kappa shape index (κ2) is 5.00. The van der Waals surface area contributed by atoms with Gasteiger partial charge in [0.15, 0.2) is 0 Å². The van der Waals surface area contributed by atoms with Crippen LogP contribution in [0.4, 0.5) is 4.79 Å². The number of primary amides is 1. The minimum Gasteiger partial charge on any atom is -0.351 e. The summed E-state index contributed by atoms with van der Waals surface area (Å²) in [5.41, 5.74) is 6.90. The number of nitrogens with two attached hydrogens (primary N) is 1. The Balaban J connectivity index is 1.46. The van der Waals surface area contributed by atoms with Gasteiger partial charge < -0.3 is 10.6 Å². The molecule has 2 aliphatic heterocycles. The Labute approximate surface area is 125 Å². The van der Waals surface area contributed by atoms with Crippen LogP contribution in [0.2, 0.25) is 0 Å². The van der Waals surface area contributed by atoms with E-state index in [2.05, 4.69) is 40.5 Å². The number of nitrogens with one attached hydrogen (secondary N) is 1. The summed E-state index contributed by atoms with van der Waals surface area (Å²) >= 11 is 0. The van der Waals surface area contributed by atoms with E-state index in [9.17, 15) is 4.79 Å². The lowest BCUT2D eigenvalue weighted by atomic mass is 9.98. The first-order valence-electron chi connectivity index (χ1n) is 7.81. The van der Waals surface area contributed by atoms with Gasteiger partial charge in [0.25, 0.3) is 0 Å². The zero-order valence-electron chi connectivity index (χ0n) is 12.1. The molecule has 3 fully saturated rings. The molecular weight excluding hydrogens is 264 g/mol. The maximum Gasteiger partial charge on any atom is 0.314 e. The standard InChI is InChI=1S/C16H22N4O/c17-16(21)19-6-7-20-10-18-15(14(20)9-19)13-8-12(13)11-4-2-1-3-5-11/h1-5,12-15,18H,6-10H2,(H2,17,21). The van der Waals surface area contributed by atoms with Crippen molar-refractivity contribution in [1.29, 1.82) is 0 Å². The van der Waals surface area contributed by atoms with Crippen molar-refractivity contribution in [2.24, 2.45) is 11.7 Å². The van der Waals surface area contributed by atoms with E-state index in [-0.39, 0.29) is 6.03 Å². The summed E-state index contributed by atoms with van der Waals surface area (Å²) in [5, 5.41) is 3.67. The monoisotopic (exact) mass is 286 g/mol. The summed E-state index contributed by atoms with van der Waals surface area (Å²) in [6.45, 7) is 3.40. The molecule has 2 heterocycles. The topological polar surface area (TPSA) is 61.6 Å². The number of urea groups is 1. The minimum atomic E-state index is -0.282. The van der Waals surface area contributed by atoms with Gasteiger partial charge in [0.05, 0.1) is 0 Å². The molecule has 1 aliphatic carbocycles. The fourth-order valence-electron chi connectivity index (χ4n) is 4.08. The largest absolute Gasteiger partial charge is 0.351 e. The highest BCUT2D eigenvalue weighted by atomic mass is 16.2. The molecule has 5 nitrogen and oxygen atoms in total. The molecule has 1 aromatic carbocycles. The van der Waals surface area contributed by atoms with Crippen molar-refractivity contribution in [1.82, 2.24) is 15.1 Å². The number of hydrogen-bond donors (Lipinski definition) is 2. The van der Waals surface area contributed by atoms with Gasteiger partial charge in [0.1, 0.15) is 0 Å². The molecular formula is C16H22N4O. The molecule has 2 amide bonds. The van der Waals surface area contributed by atoms with Crippen LogP contribution in [0, 0.1) is 5.92 Å². The number of hydrogen-bond acceptors (Lipinski definition) is 3. The van der Waals surface area contributed by atoms with E-state index >= 15 is 0 Å². The van der Waals surface area contributed by atoms with Gasteiger partial charge in [-0.1, -0.05) is 30.3 Å². The number of carbonyl (C=O) groups excluding carboxylic acids is 1. The van der Waals surface area contributed by atoms with E-state index in [1.807, 2.05) is 0 Å². The zero-order valence-corrected chi connectivity index (χ0v) is 12.1. The number of rotatable bonds is 2. The molecule has 0 bridgehead atoms. The van der Waals surface area contributed by atoms with Crippen molar-refractivity contribution >= 4 is 6.03 Å². The lowest BCUT2D eigenvalue weighted by molar-refractivity contribution is 0.114. The lowest BCUT2D eigenvalue weighted by Crippen LogP contribution is -2.56. The normalized spacial score (nSPS) is 35.5. The molecule has 21 heavy (non-hydrogen) atoms. The Kier molecular flexibility index (Phi) is 3.12. The van der Waals surface area contributed by atoms with Gasteiger partial charge in [0, 0.05) is 38.4 Å². The minimum absolute atomic E-state index is 0.282. The van der Waals surface area contributed by atoms with Crippen molar-refractivity contribution in [3.05, 3.63) is 35.9 Å². The van der Waals surface area contributed by atoms with Gasteiger partial charge in [-0.05, 0) is 23.8 Å². The molecule has 0 aromatic heterocycles. The Morgan fingerprint density at radius 2 is 2.05 bits per heavy atom. The smallest absolute Gasteiger partial charge is 0.314 e. The molecule has 3 aliphatic rings. The summed E-state index contributed by atoms with van der Waals surface area (Å²) in [4.78, 5) is 15.7. The Morgan fingerprint density at radius 3 is 2.81 bits per heavy atom. The molecule has 2 saturated heterocycles. The highest BCUT2D eigenvalue weighted by Gasteiger charge is 2.51. The van der Waals surface area contributed by atoms with Crippen molar-refractivity contribution in [2.75, 3.05) is 26.3 Å². The van der Waals surface area contributed by atoms with E-state index in [1.165, 1.54) is 12.0 Å². The molecule has 112 valence electrons. The summed E-state index contributed by atoms with van der Waals surface area (Å²) in [6.07, 6.45) is 1.25. The van der Waals surface area contributed by atoms with Crippen LogP contribution in [0.5, 0.6) is 0 Å². The van der Waals surface area contributed by atoms with Crippen LogP contribution in [0.3, 0.4) is 0 Å². The molecule has 0 radical (unpaired) electrons. The second-order valence-corrected chi connectivity index (χ2v) is 6.47. The van der Waals surface area contributed by atoms with Crippen LogP contribution in [0.15, 0.2) is 30.3 Å². The third kappa shape index (κ3) is 2.30. The fourth-order valence-corrected chi connectivity index (χ4v) is 4.08. The Bertz CT molecular complexity index is 534. The number of fused-ring (bicyclic) bond motifs is 1. The van der Waals surface area contributed by atoms with Crippen LogP contribution in [0.25, 0.3) is 0 Å². The van der Waals surface area contributed by atoms with Gasteiger partial charge in [-0.2, -0.15) is 0 Å². The maximum absolute atomic E-state index is 11.4. The summed E-state index contributed by atoms with van der Waals surface area (Å²) in [6, 6.07) is 11.4. The quantitative estimate of drug-likeness (QED) is 0.845. The van der Waals surface area contributed by atoms with Gasteiger partial charge in [0.2, 0.25) is 0 Å². The predicted molar refractivity (Wildman–Crippen MR) is 80.7 cm³/mol. The number of carbonyl (C=O) groups is 1. The number of benzene rings is 1. The van der Waals surface area contributed by atoms with Crippen LogP contribution in [0.1, 0.15) is 17.9 Å². The average molecular weight is 286 g/mol. The predicted octanol–water partition coefficient (Wildman–Crippen LogP) is 0.784. The molecule has 4 rings (SSSR count). The fraction of sp³-hybridized carbons (Fsp3) is 0.562. The van der Waals surface area contributed by atoms with Crippen molar-refractivity contribution < 1.29 is 4.79 Å². The third-order valence-corrected chi connectivity index (χ3v) is 5.32. The van der Waals surface area contributed by atoms with Gasteiger partial charge >= 0.3 is 6.03 Å². The van der Waals surface area contributed by atoms with Gasteiger partial charge in [-0.25, -0.2) is 4.79 Å². The van der Waals surface area contributed by atoms with E-state index in [1.54, 1.807) is 4.90 Å². The highest BCUT2D eigenvalue weighted by molar-refractivity contribution is 5.72. The summed E-state index contributed by atoms with van der Waals surface area (Å²) < 4.78 is 0. The third-order valence-electron chi connectivity index (χ3n) is 5.32. The maximum atomic E-state index is 11.4. The molecule has 5 heteroatoms. The van der Waals surface area contributed by atoms with Crippen LogP contribution < -0.4 is 11.1 Å². The van der Waals surface area contributed by atoms with Crippen LogP contribution in [-0.2, 0) is 0 Å². The molecule has 0 spiro atoms. The average Bonchev–Trinajstić information content (AvgIpc) is 3.20. The van der Waals surface area contributed by atoms with Crippen molar-refractivity contribution in [3.63, 3.8) is 0 Å². The van der Waals surface area contributed by atoms with Crippen molar-refractivity contribution in [2.45, 2.75) is 24.4 Å². The molecule has 4 unspecified atom stereocenters. The Hall–Kier alpha value is -1.59.